The number of aromatic amines is 1. The average Bonchev–Trinajstić information content (AvgIpc) is 3.09. The van der Waals surface area contributed by atoms with Crippen molar-refractivity contribution in [1.29, 1.82) is 0 Å². The Hall–Kier alpha value is -2.69. The molecule has 0 saturated heterocycles. The van der Waals surface area contributed by atoms with Crippen molar-refractivity contribution in [2.24, 2.45) is 12.0 Å². The number of hydrogen-bond acceptors (Lipinski definition) is 3. The van der Waals surface area contributed by atoms with Crippen LogP contribution in [0.4, 0.5) is 0 Å². The maximum absolute atomic E-state index is 12.7. The quantitative estimate of drug-likeness (QED) is 0.730. The lowest BCUT2D eigenvalue weighted by Crippen LogP contribution is -2.23. The van der Waals surface area contributed by atoms with E-state index < -0.39 is 0 Å². The molecule has 4 rings (SSSR count). The maximum Gasteiger partial charge on any atom is 0.230 e. The molecule has 5 nitrogen and oxygen atoms in total. The number of Topliss-reactive ketones (excluding diaryl/α,β-unsaturated/α-hetero) is 1. The topological polar surface area (TPSA) is 63.0 Å². The molecule has 0 fully saturated rings. The summed E-state index contributed by atoms with van der Waals surface area (Å²) in [7, 11) is 1.82. The summed E-state index contributed by atoms with van der Waals surface area (Å²) in [6.07, 6.45) is 4.08. The van der Waals surface area contributed by atoms with Gasteiger partial charge in [0.25, 0.3) is 0 Å². The number of nitrogens with one attached hydrogen (secondary N) is 1. The van der Waals surface area contributed by atoms with Gasteiger partial charge >= 0.3 is 0 Å². The predicted molar refractivity (Wildman–Crippen MR) is 80.9 cm³/mol. The number of para-hydroxylation sites is 1. The van der Waals surface area contributed by atoms with Crippen LogP contribution in [-0.4, -0.2) is 32.6 Å². The predicted octanol–water partition coefficient (Wildman–Crippen LogP) is 2.13. The average molecular weight is 278 g/mol. The molecule has 1 aromatic carbocycles. The number of H-pyrrole nitrogens is 1. The van der Waals surface area contributed by atoms with Crippen molar-refractivity contribution >= 4 is 22.4 Å². The molecule has 0 amide bonds. The Morgan fingerprint density at radius 1 is 1.33 bits per heavy atom. The largest absolute Gasteiger partial charge is 0.353 e. The third-order valence-electron chi connectivity index (χ3n) is 3.95. The molecule has 3 heterocycles. The fourth-order valence-electron chi connectivity index (χ4n) is 2.90. The van der Waals surface area contributed by atoms with E-state index in [0.717, 1.165) is 17.6 Å². The van der Waals surface area contributed by atoms with Crippen LogP contribution in [0.2, 0.25) is 0 Å². The van der Waals surface area contributed by atoms with E-state index >= 15 is 0 Å². The first-order valence-electron chi connectivity index (χ1n) is 6.91. The van der Waals surface area contributed by atoms with Crippen molar-refractivity contribution in [3.05, 3.63) is 53.7 Å². The third-order valence-corrected chi connectivity index (χ3v) is 3.95. The molecule has 1 N–H and O–H groups in total. The van der Waals surface area contributed by atoms with Crippen molar-refractivity contribution in [2.75, 3.05) is 6.54 Å². The summed E-state index contributed by atoms with van der Waals surface area (Å²) in [5, 5.41) is 1.18. The van der Waals surface area contributed by atoms with Gasteiger partial charge < -0.3 is 9.55 Å². The van der Waals surface area contributed by atoms with Gasteiger partial charge in [-0.25, -0.2) is 4.98 Å². The number of fused-ring (bicyclic) bond motifs is 3. The van der Waals surface area contributed by atoms with Crippen molar-refractivity contribution in [1.82, 2.24) is 14.5 Å². The van der Waals surface area contributed by atoms with Crippen LogP contribution >= 0.6 is 0 Å². The molecule has 104 valence electrons. The van der Waals surface area contributed by atoms with E-state index in [2.05, 4.69) is 21.0 Å². The number of nitrogens with zero attached hydrogens (tertiary/aromatic N) is 3. The lowest BCUT2D eigenvalue weighted by atomic mass is 9.99. The second-order valence-corrected chi connectivity index (χ2v) is 5.22. The number of imidazole rings is 1. The van der Waals surface area contributed by atoms with E-state index in [1.54, 1.807) is 17.1 Å². The van der Waals surface area contributed by atoms with Crippen molar-refractivity contribution < 1.29 is 4.79 Å². The van der Waals surface area contributed by atoms with Gasteiger partial charge in [0.15, 0.2) is 0 Å². The van der Waals surface area contributed by atoms with Gasteiger partial charge in [0.2, 0.25) is 5.78 Å². The molecule has 5 heteroatoms. The Morgan fingerprint density at radius 3 is 3.00 bits per heavy atom. The Bertz CT molecular complexity index is 885. The fourth-order valence-corrected chi connectivity index (χ4v) is 2.90. The number of hydrogen-bond donors (Lipinski definition) is 1. The van der Waals surface area contributed by atoms with Crippen LogP contribution in [0.25, 0.3) is 10.9 Å². The van der Waals surface area contributed by atoms with Crippen molar-refractivity contribution in [3.8, 4) is 0 Å². The van der Waals surface area contributed by atoms with Crippen LogP contribution in [0.3, 0.4) is 0 Å². The molecule has 0 unspecified atom stereocenters. The monoisotopic (exact) mass is 278 g/mol. The van der Waals surface area contributed by atoms with Crippen LogP contribution in [0.1, 0.15) is 21.7 Å². The zero-order valence-corrected chi connectivity index (χ0v) is 11.6. The van der Waals surface area contributed by atoms with E-state index in [9.17, 15) is 4.79 Å². The molecule has 2 aromatic heterocycles. The van der Waals surface area contributed by atoms with Crippen molar-refractivity contribution in [2.45, 2.75) is 6.42 Å². The number of benzene rings is 1. The minimum atomic E-state index is -0.0810. The Morgan fingerprint density at radius 2 is 2.19 bits per heavy atom. The lowest BCUT2D eigenvalue weighted by Gasteiger charge is -2.12. The number of carbonyl (C=O) groups excluding carboxylic acids is 1. The van der Waals surface area contributed by atoms with Gasteiger partial charge in [-0.15, -0.1) is 0 Å². The summed E-state index contributed by atoms with van der Waals surface area (Å²) in [5.74, 6) is -0.0810. The molecule has 1 aliphatic rings. The highest BCUT2D eigenvalue weighted by Crippen LogP contribution is 2.26. The SMILES string of the molecule is Cn1cncc1C(=O)C1=NCCc2c1[nH]c1ccccc21. The molecule has 0 radical (unpaired) electrons. The van der Waals surface area contributed by atoms with Crippen LogP contribution < -0.4 is 0 Å². The van der Waals surface area contributed by atoms with E-state index in [4.69, 9.17) is 0 Å². The van der Waals surface area contributed by atoms with Gasteiger partial charge in [0, 0.05) is 24.5 Å². The highest BCUT2D eigenvalue weighted by molar-refractivity contribution is 6.51. The number of aryl methyl sites for hydroxylation is 1. The zero-order chi connectivity index (χ0) is 14.4. The van der Waals surface area contributed by atoms with E-state index in [1.165, 1.54) is 10.9 Å². The molecule has 1 aliphatic heterocycles. The molecule has 0 spiro atoms. The minimum absolute atomic E-state index is 0.0810. The van der Waals surface area contributed by atoms with Crippen LogP contribution in [0.5, 0.6) is 0 Å². The minimum Gasteiger partial charge on any atom is -0.353 e. The summed E-state index contributed by atoms with van der Waals surface area (Å²) < 4.78 is 1.72. The Kier molecular flexibility index (Phi) is 2.54. The number of aromatic nitrogens is 3. The summed E-state index contributed by atoms with van der Waals surface area (Å²) in [5.41, 5.74) is 4.16. The highest BCUT2D eigenvalue weighted by atomic mass is 16.1. The van der Waals surface area contributed by atoms with E-state index in [-0.39, 0.29) is 5.78 Å². The summed E-state index contributed by atoms with van der Waals surface area (Å²) in [6.45, 7) is 0.647. The summed E-state index contributed by atoms with van der Waals surface area (Å²) >= 11 is 0. The number of aliphatic imine (C=N–C) groups is 1. The van der Waals surface area contributed by atoms with Gasteiger partial charge in [-0.05, 0) is 18.1 Å². The standard InChI is InChI=1S/C16H14N4O/c1-20-9-17-8-13(20)16(21)15-14-11(6-7-18-15)10-4-2-3-5-12(10)19-14/h2-5,8-9,19H,6-7H2,1H3. The number of ketones is 1. The van der Waals surface area contributed by atoms with Gasteiger partial charge in [-0.3, -0.25) is 9.79 Å². The Labute approximate surface area is 121 Å². The van der Waals surface area contributed by atoms with Gasteiger partial charge in [-0.1, -0.05) is 18.2 Å². The molecule has 0 saturated carbocycles. The number of rotatable bonds is 2. The summed E-state index contributed by atoms with van der Waals surface area (Å²) in [4.78, 5) is 24.5. The summed E-state index contributed by atoms with van der Waals surface area (Å²) in [6, 6.07) is 8.12. The van der Waals surface area contributed by atoms with E-state index in [1.807, 2.05) is 25.2 Å². The molecular formula is C16H14N4O. The first-order valence-corrected chi connectivity index (χ1v) is 6.91. The third kappa shape index (κ3) is 1.74. The molecule has 0 bridgehead atoms. The highest BCUT2D eigenvalue weighted by Gasteiger charge is 2.26. The molecular weight excluding hydrogens is 264 g/mol. The normalized spacial score (nSPS) is 14.0. The smallest absolute Gasteiger partial charge is 0.230 e. The molecule has 0 atom stereocenters. The molecule has 21 heavy (non-hydrogen) atoms. The van der Waals surface area contributed by atoms with Crippen LogP contribution in [0, 0.1) is 0 Å². The van der Waals surface area contributed by atoms with Crippen LogP contribution in [0.15, 0.2) is 41.8 Å². The fraction of sp³-hybridized carbons (Fsp3) is 0.188. The first kappa shape index (κ1) is 12.1. The van der Waals surface area contributed by atoms with Gasteiger partial charge in [0.05, 0.1) is 18.2 Å². The van der Waals surface area contributed by atoms with E-state index in [0.29, 0.717) is 18.0 Å². The molecule has 3 aromatic rings. The Balaban J connectivity index is 1.88. The van der Waals surface area contributed by atoms with Crippen molar-refractivity contribution in [3.63, 3.8) is 0 Å². The second-order valence-electron chi connectivity index (χ2n) is 5.22. The van der Waals surface area contributed by atoms with Gasteiger partial charge in [0.1, 0.15) is 11.4 Å². The number of carbonyl (C=O) groups is 1. The first-order chi connectivity index (χ1) is 10.3. The second kappa shape index (κ2) is 4.41. The van der Waals surface area contributed by atoms with Crippen LogP contribution in [-0.2, 0) is 13.5 Å². The lowest BCUT2D eigenvalue weighted by molar-refractivity contribution is 0.105. The zero-order valence-electron chi connectivity index (χ0n) is 11.6. The maximum atomic E-state index is 12.7. The van der Waals surface area contributed by atoms with Gasteiger partial charge in [-0.2, -0.15) is 0 Å². The molecule has 0 aliphatic carbocycles.